The van der Waals surface area contributed by atoms with E-state index in [1.165, 1.54) is 13.8 Å². The van der Waals surface area contributed by atoms with Gasteiger partial charge in [-0.15, -0.1) is 0 Å². The maximum atomic E-state index is 14.0. The van der Waals surface area contributed by atoms with E-state index in [4.69, 9.17) is 4.52 Å². The van der Waals surface area contributed by atoms with E-state index in [1.807, 2.05) is 12.1 Å². The maximum absolute atomic E-state index is 14.0. The summed E-state index contributed by atoms with van der Waals surface area (Å²) in [6, 6.07) is 4.41. The zero-order valence-electron chi connectivity index (χ0n) is 17.7. The van der Waals surface area contributed by atoms with Gasteiger partial charge >= 0.3 is 0 Å². The summed E-state index contributed by atoms with van der Waals surface area (Å²) in [6.07, 6.45) is 9.43. The van der Waals surface area contributed by atoms with Crippen molar-refractivity contribution >= 4 is 11.7 Å². The minimum Gasteiger partial charge on any atom is -0.350 e. The molecule has 4 bridgehead atoms. The molecule has 3 fully saturated rings. The van der Waals surface area contributed by atoms with Crippen molar-refractivity contribution in [3.05, 3.63) is 36.4 Å². The summed E-state index contributed by atoms with van der Waals surface area (Å²) < 4.78 is 19.0. The predicted octanol–water partition coefficient (Wildman–Crippen LogP) is 3.34. The molecule has 2 aromatic rings. The smallest absolute Gasteiger partial charge is 0.264 e. The van der Waals surface area contributed by atoms with Gasteiger partial charge in [-0.25, -0.2) is 9.37 Å². The number of nitrogens with zero attached hydrogens (tertiary/aromatic N) is 5. The molecule has 2 aromatic heterocycles. The minimum atomic E-state index is -1.68. The van der Waals surface area contributed by atoms with Crippen molar-refractivity contribution in [1.82, 2.24) is 20.0 Å². The highest BCUT2D eigenvalue weighted by molar-refractivity contribution is 5.81. The highest BCUT2D eigenvalue weighted by Crippen LogP contribution is 2.45. The maximum Gasteiger partial charge on any atom is 0.264 e. The standard InChI is InChI=1S/C23H26FN5O2/c1-23(2,24)22-26-20(27-31-22)15-5-6-19(25-10-15)28-11-17-9-16(28)12-29(17)21(30)18-8-13-3-4-14(18)7-13/h3-6,10,13-14,16-18H,7-9,11-12H2,1-2H3/t13?,14?,16?,17?,18-/m0/s1. The van der Waals surface area contributed by atoms with Crippen LogP contribution >= 0.6 is 0 Å². The molecule has 4 unspecified atom stereocenters. The number of rotatable bonds is 4. The molecule has 8 heteroatoms. The van der Waals surface area contributed by atoms with Crippen LogP contribution in [0.5, 0.6) is 0 Å². The Bertz CT molecular complexity index is 1040. The molecule has 0 aromatic carbocycles. The number of anilines is 1. The van der Waals surface area contributed by atoms with Crippen LogP contribution in [0.15, 0.2) is 35.0 Å². The molecule has 7 nitrogen and oxygen atoms in total. The predicted molar refractivity (Wildman–Crippen MR) is 112 cm³/mol. The second-order valence-electron chi connectivity index (χ2n) is 9.87. The topological polar surface area (TPSA) is 75.4 Å². The first kappa shape index (κ1) is 19.0. The van der Waals surface area contributed by atoms with Crippen molar-refractivity contribution in [1.29, 1.82) is 0 Å². The molecule has 0 spiro atoms. The number of amides is 1. The number of pyridine rings is 1. The van der Waals surface area contributed by atoms with Gasteiger partial charge in [-0.1, -0.05) is 17.3 Å². The van der Waals surface area contributed by atoms with Crippen LogP contribution in [0.2, 0.25) is 0 Å². The lowest BCUT2D eigenvalue weighted by Gasteiger charge is -2.37. The molecule has 162 valence electrons. The number of allylic oxidation sites excluding steroid dienone is 2. The fourth-order valence-electron chi connectivity index (χ4n) is 5.77. The van der Waals surface area contributed by atoms with Crippen LogP contribution in [-0.2, 0) is 10.5 Å². The van der Waals surface area contributed by atoms with Crippen LogP contribution in [0.1, 0.15) is 39.0 Å². The number of piperazine rings is 1. The average Bonchev–Trinajstić information content (AvgIpc) is 3.57. The lowest BCUT2D eigenvalue weighted by atomic mass is 9.92. The molecule has 0 radical (unpaired) electrons. The van der Waals surface area contributed by atoms with Crippen molar-refractivity contribution in [3.8, 4) is 11.4 Å². The van der Waals surface area contributed by atoms with E-state index in [0.29, 0.717) is 35.2 Å². The van der Waals surface area contributed by atoms with Crippen molar-refractivity contribution in [3.63, 3.8) is 0 Å². The fourth-order valence-corrected chi connectivity index (χ4v) is 5.77. The summed E-state index contributed by atoms with van der Waals surface area (Å²) in [5.74, 6) is 2.80. The number of carbonyl (C=O) groups is 1. The molecule has 4 aliphatic rings. The Morgan fingerprint density at radius 3 is 2.61 bits per heavy atom. The summed E-state index contributed by atoms with van der Waals surface area (Å²) >= 11 is 0. The fraction of sp³-hybridized carbons (Fsp3) is 0.565. The summed E-state index contributed by atoms with van der Waals surface area (Å²) in [6.45, 7) is 4.37. The Morgan fingerprint density at radius 2 is 2.03 bits per heavy atom. The van der Waals surface area contributed by atoms with E-state index in [1.54, 1.807) is 6.20 Å². The third kappa shape index (κ3) is 3.06. The molecule has 2 saturated heterocycles. The second-order valence-corrected chi connectivity index (χ2v) is 9.87. The van der Waals surface area contributed by atoms with E-state index in [2.05, 4.69) is 37.1 Å². The number of aromatic nitrogens is 3. The minimum absolute atomic E-state index is 0.0424. The zero-order chi connectivity index (χ0) is 21.3. The summed E-state index contributed by atoms with van der Waals surface area (Å²) in [7, 11) is 0. The van der Waals surface area contributed by atoms with Gasteiger partial charge in [-0.05, 0) is 57.1 Å². The molecule has 5 atom stereocenters. The number of carbonyl (C=O) groups excluding carboxylic acids is 1. The Balaban J connectivity index is 1.13. The Hall–Kier alpha value is -2.77. The lowest BCUT2D eigenvalue weighted by molar-refractivity contribution is -0.137. The number of alkyl halides is 1. The highest BCUT2D eigenvalue weighted by Gasteiger charge is 2.49. The van der Waals surface area contributed by atoms with Gasteiger partial charge in [0.25, 0.3) is 5.89 Å². The first-order valence-electron chi connectivity index (χ1n) is 11.1. The normalized spacial score (nSPS) is 31.3. The summed E-state index contributed by atoms with van der Waals surface area (Å²) in [4.78, 5) is 26.3. The molecule has 1 amide bonds. The molecule has 4 heterocycles. The first-order chi connectivity index (χ1) is 14.9. The van der Waals surface area contributed by atoms with Crippen LogP contribution in [0.3, 0.4) is 0 Å². The van der Waals surface area contributed by atoms with E-state index in [0.717, 1.165) is 38.2 Å². The highest BCUT2D eigenvalue weighted by atomic mass is 19.1. The molecular formula is C23H26FN5O2. The monoisotopic (exact) mass is 423 g/mol. The molecule has 6 rings (SSSR count). The van der Waals surface area contributed by atoms with Crippen LogP contribution < -0.4 is 4.90 Å². The van der Waals surface area contributed by atoms with Gasteiger partial charge in [0.2, 0.25) is 11.7 Å². The Labute approximate surface area is 180 Å². The van der Waals surface area contributed by atoms with Gasteiger partial charge in [0.1, 0.15) is 5.82 Å². The van der Waals surface area contributed by atoms with Crippen molar-refractivity contribution in [2.45, 2.75) is 50.9 Å². The van der Waals surface area contributed by atoms with Gasteiger partial charge in [0, 0.05) is 30.8 Å². The summed E-state index contributed by atoms with van der Waals surface area (Å²) in [5.41, 5.74) is -0.987. The molecule has 31 heavy (non-hydrogen) atoms. The summed E-state index contributed by atoms with van der Waals surface area (Å²) in [5, 5.41) is 3.87. The third-order valence-corrected chi connectivity index (χ3v) is 7.35. The van der Waals surface area contributed by atoms with Crippen LogP contribution in [0, 0.1) is 17.8 Å². The van der Waals surface area contributed by atoms with E-state index in [9.17, 15) is 9.18 Å². The Morgan fingerprint density at radius 1 is 1.16 bits per heavy atom. The number of halogens is 1. The van der Waals surface area contributed by atoms with Crippen molar-refractivity contribution < 1.29 is 13.7 Å². The van der Waals surface area contributed by atoms with Crippen LogP contribution in [-0.4, -0.2) is 51.1 Å². The largest absolute Gasteiger partial charge is 0.350 e. The van der Waals surface area contributed by atoms with Gasteiger partial charge in [-0.2, -0.15) is 4.98 Å². The van der Waals surface area contributed by atoms with E-state index >= 15 is 0 Å². The average molecular weight is 423 g/mol. The zero-order valence-corrected chi connectivity index (χ0v) is 17.7. The van der Waals surface area contributed by atoms with Gasteiger partial charge < -0.3 is 14.3 Å². The van der Waals surface area contributed by atoms with Crippen LogP contribution in [0.4, 0.5) is 10.2 Å². The molecular weight excluding hydrogens is 397 g/mol. The molecule has 0 N–H and O–H groups in total. The lowest BCUT2D eigenvalue weighted by Crippen LogP contribution is -2.51. The van der Waals surface area contributed by atoms with E-state index < -0.39 is 5.67 Å². The second kappa shape index (κ2) is 6.61. The van der Waals surface area contributed by atoms with Gasteiger partial charge in [0.15, 0.2) is 5.67 Å². The number of hydrogen-bond donors (Lipinski definition) is 0. The quantitative estimate of drug-likeness (QED) is 0.702. The number of hydrogen-bond acceptors (Lipinski definition) is 6. The van der Waals surface area contributed by atoms with Crippen LogP contribution in [0.25, 0.3) is 11.4 Å². The van der Waals surface area contributed by atoms with Gasteiger partial charge in [0.05, 0.1) is 12.1 Å². The molecule has 2 aliphatic heterocycles. The van der Waals surface area contributed by atoms with Crippen molar-refractivity contribution in [2.75, 3.05) is 18.0 Å². The van der Waals surface area contributed by atoms with Gasteiger partial charge in [-0.3, -0.25) is 4.79 Å². The van der Waals surface area contributed by atoms with E-state index in [-0.39, 0.29) is 17.9 Å². The van der Waals surface area contributed by atoms with Crippen molar-refractivity contribution in [2.24, 2.45) is 17.8 Å². The SMILES string of the molecule is CC(C)(F)c1nc(-c2ccc(N3CC4CC3CN4C(=O)[C@H]3CC4C=CC3C4)nc2)no1. The number of likely N-dealkylation sites (tertiary alicyclic amines) is 1. The Kier molecular flexibility index (Phi) is 4.04. The molecule has 2 aliphatic carbocycles. The first-order valence-corrected chi connectivity index (χ1v) is 11.1. The third-order valence-electron chi connectivity index (χ3n) is 7.35. The molecule has 1 saturated carbocycles. The number of fused-ring (bicyclic) bond motifs is 4.